The predicted octanol–water partition coefficient (Wildman–Crippen LogP) is 7.50. The summed E-state index contributed by atoms with van der Waals surface area (Å²) in [4.78, 5) is 0. The molecular formula is C25H36F2Si. The summed E-state index contributed by atoms with van der Waals surface area (Å²) in [6.45, 7) is 5.66. The van der Waals surface area contributed by atoms with E-state index in [9.17, 15) is 8.78 Å². The van der Waals surface area contributed by atoms with E-state index in [1.54, 1.807) is 6.07 Å². The lowest BCUT2D eigenvalue weighted by Gasteiger charge is -2.37. The normalized spacial score (nSPS) is 28.5. The van der Waals surface area contributed by atoms with Gasteiger partial charge in [-0.2, -0.15) is 0 Å². The molecule has 1 aromatic carbocycles. The smallest absolute Gasteiger partial charge is 0.162 e. The van der Waals surface area contributed by atoms with Gasteiger partial charge >= 0.3 is 0 Å². The first-order valence-electron chi connectivity index (χ1n) is 11.4. The van der Waals surface area contributed by atoms with Crippen molar-refractivity contribution < 1.29 is 8.78 Å². The first-order chi connectivity index (χ1) is 13.6. The molecule has 1 aliphatic heterocycles. The number of hydrogen-bond donors (Lipinski definition) is 0. The zero-order chi connectivity index (χ0) is 19.9. The molecule has 1 aliphatic carbocycles. The van der Waals surface area contributed by atoms with Gasteiger partial charge in [0.15, 0.2) is 11.6 Å². The van der Waals surface area contributed by atoms with Crippen LogP contribution in [0.5, 0.6) is 0 Å². The van der Waals surface area contributed by atoms with E-state index in [1.807, 2.05) is 19.1 Å². The van der Waals surface area contributed by atoms with Crippen LogP contribution in [-0.4, -0.2) is 8.80 Å². The van der Waals surface area contributed by atoms with Crippen molar-refractivity contribution in [3.63, 3.8) is 0 Å². The van der Waals surface area contributed by atoms with E-state index in [0.717, 1.165) is 37.5 Å². The second kappa shape index (κ2) is 10.5. The number of halogens is 2. The number of unbranched alkanes of at least 4 members (excludes halogenated alkanes) is 1. The molecule has 0 nitrogen and oxygen atoms in total. The standard InChI is InChI=1S/C25H36F2Si/c1-3-5-6-7-16-28-17-14-21(15-18-28)20-8-10-22(11-9-20)23-13-12-19(4-2)24(26)25(23)27/h3,7,12-13,16,20-22,28H,1,4-6,8-11,14-15,17-18H2,2H3/b16-7+. The molecule has 2 aliphatic rings. The Labute approximate surface area is 171 Å². The van der Waals surface area contributed by atoms with Crippen LogP contribution in [0, 0.1) is 23.5 Å². The van der Waals surface area contributed by atoms with Gasteiger partial charge in [-0.3, -0.25) is 0 Å². The Hall–Kier alpha value is -1.22. The molecule has 0 unspecified atom stereocenters. The molecule has 3 rings (SSSR count). The van der Waals surface area contributed by atoms with Crippen molar-refractivity contribution >= 4 is 8.80 Å². The highest BCUT2D eigenvalue weighted by Crippen LogP contribution is 2.44. The Morgan fingerprint density at radius 3 is 2.29 bits per heavy atom. The van der Waals surface area contributed by atoms with Gasteiger partial charge in [0, 0.05) is 0 Å². The van der Waals surface area contributed by atoms with Gasteiger partial charge in [-0.25, -0.2) is 8.78 Å². The number of allylic oxidation sites excluding steroid dienone is 2. The van der Waals surface area contributed by atoms with Crippen LogP contribution in [0.15, 0.2) is 36.6 Å². The zero-order valence-corrected chi connectivity index (χ0v) is 18.6. The number of benzene rings is 1. The maximum Gasteiger partial charge on any atom is 0.162 e. The second-order valence-electron chi connectivity index (χ2n) is 8.88. The molecule has 1 aromatic rings. The maximum absolute atomic E-state index is 14.5. The predicted molar refractivity (Wildman–Crippen MR) is 118 cm³/mol. The maximum atomic E-state index is 14.5. The third-order valence-corrected chi connectivity index (χ3v) is 10.2. The molecule has 0 atom stereocenters. The molecule has 1 saturated heterocycles. The molecule has 0 spiro atoms. The fourth-order valence-corrected chi connectivity index (χ4v) is 8.37. The van der Waals surface area contributed by atoms with E-state index in [2.05, 4.69) is 18.4 Å². The van der Waals surface area contributed by atoms with Crippen molar-refractivity contribution in [2.75, 3.05) is 0 Å². The Bertz CT molecular complexity index is 665. The van der Waals surface area contributed by atoms with E-state index in [0.29, 0.717) is 17.5 Å². The van der Waals surface area contributed by atoms with Crippen LogP contribution >= 0.6 is 0 Å². The van der Waals surface area contributed by atoms with Crippen LogP contribution in [0.4, 0.5) is 8.78 Å². The summed E-state index contributed by atoms with van der Waals surface area (Å²) in [7, 11) is -0.650. The molecule has 1 saturated carbocycles. The van der Waals surface area contributed by atoms with E-state index >= 15 is 0 Å². The largest absolute Gasteiger partial charge is 0.203 e. The molecular weight excluding hydrogens is 366 g/mol. The quantitative estimate of drug-likeness (QED) is 0.252. The molecule has 0 aromatic heterocycles. The van der Waals surface area contributed by atoms with E-state index in [4.69, 9.17) is 0 Å². The van der Waals surface area contributed by atoms with Crippen LogP contribution in [0.25, 0.3) is 0 Å². The van der Waals surface area contributed by atoms with Crippen LogP contribution in [0.3, 0.4) is 0 Å². The average Bonchev–Trinajstić information content (AvgIpc) is 2.74. The molecule has 3 heteroatoms. The highest BCUT2D eigenvalue weighted by molar-refractivity contribution is 6.64. The minimum absolute atomic E-state index is 0.204. The Kier molecular flexibility index (Phi) is 8.08. The van der Waals surface area contributed by atoms with Gasteiger partial charge in [0.2, 0.25) is 0 Å². The Morgan fingerprint density at radius 1 is 0.964 bits per heavy atom. The third kappa shape index (κ3) is 5.22. The molecule has 1 heterocycles. The second-order valence-corrected chi connectivity index (χ2v) is 11.9. The van der Waals surface area contributed by atoms with Crippen LogP contribution in [0.2, 0.25) is 12.1 Å². The minimum Gasteiger partial charge on any atom is -0.203 e. The summed E-state index contributed by atoms with van der Waals surface area (Å²) < 4.78 is 28.7. The van der Waals surface area contributed by atoms with Gasteiger partial charge in [0.05, 0.1) is 8.80 Å². The average molecular weight is 403 g/mol. The van der Waals surface area contributed by atoms with Crippen molar-refractivity contribution in [2.45, 2.75) is 82.7 Å². The van der Waals surface area contributed by atoms with Gasteiger partial charge in [-0.1, -0.05) is 56.1 Å². The summed E-state index contributed by atoms with van der Waals surface area (Å²) in [5, 5.41) is 0. The molecule has 0 N–H and O–H groups in total. The first kappa shape index (κ1) is 21.5. The summed E-state index contributed by atoms with van der Waals surface area (Å²) >= 11 is 0. The molecule has 2 fully saturated rings. The minimum atomic E-state index is -0.650. The van der Waals surface area contributed by atoms with Crippen molar-refractivity contribution in [3.05, 3.63) is 59.3 Å². The highest BCUT2D eigenvalue weighted by atomic mass is 28.3. The van der Waals surface area contributed by atoms with Crippen LogP contribution < -0.4 is 0 Å². The molecule has 0 amide bonds. The molecule has 154 valence electrons. The van der Waals surface area contributed by atoms with Gasteiger partial charge < -0.3 is 0 Å². The lowest BCUT2D eigenvalue weighted by atomic mass is 9.72. The SMILES string of the molecule is C=CCC/C=C/[SiH]1CCC(C2CCC(c3ccc(CC)c(F)c3F)CC2)CC1. The third-order valence-electron chi connectivity index (χ3n) is 7.21. The van der Waals surface area contributed by atoms with Crippen molar-refractivity contribution in [1.29, 1.82) is 0 Å². The zero-order valence-electron chi connectivity index (χ0n) is 17.4. The first-order valence-corrected chi connectivity index (χ1v) is 13.7. The van der Waals surface area contributed by atoms with Gasteiger partial charge in [0.1, 0.15) is 0 Å². The molecule has 0 radical (unpaired) electrons. The lowest BCUT2D eigenvalue weighted by molar-refractivity contribution is 0.215. The fraction of sp³-hybridized carbons (Fsp3) is 0.600. The van der Waals surface area contributed by atoms with E-state index in [1.165, 1.54) is 37.8 Å². The van der Waals surface area contributed by atoms with Crippen molar-refractivity contribution in [2.24, 2.45) is 11.8 Å². The molecule has 28 heavy (non-hydrogen) atoms. The van der Waals surface area contributed by atoms with Crippen molar-refractivity contribution in [1.82, 2.24) is 0 Å². The monoisotopic (exact) mass is 402 g/mol. The number of aryl methyl sites for hydroxylation is 1. The summed E-state index contributed by atoms with van der Waals surface area (Å²) in [5.41, 5.74) is 3.68. The highest BCUT2D eigenvalue weighted by Gasteiger charge is 2.32. The fourth-order valence-electron chi connectivity index (χ4n) is 5.41. The van der Waals surface area contributed by atoms with E-state index < -0.39 is 20.4 Å². The van der Waals surface area contributed by atoms with Crippen LogP contribution in [0.1, 0.15) is 75.3 Å². The van der Waals surface area contributed by atoms with Crippen LogP contribution in [-0.2, 0) is 6.42 Å². The van der Waals surface area contributed by atoms with Crippen molar-refractivity contribution in [3.8, 4) is 0 Å². The van der Waals surface area contributed by atoms with E-state index in [-0.39, 0.29) is 5.92 Å². The molecule has 0 bridgehead atoms. The summed E-state index contributed by atoms with van der Waals surface area (Å²) in [6.07, 6.45) is 14.4. The van der Waals surface area contributed by atoms with Gasteiger partial charge in [-0.05, 0) is 73.8 Å². The van der Waals surface area contributed by atoms with Gasteiger partial charge in [0.25, 0.3) is 0 Å². The van der Waals surface area contributed by atoms with Gasteiger partial charge in [-0.15, -0.1) is 12.3 Å². The Morgan fingerprint density at radius 2 is 1.64 bits per heavy atom. The summed E-state index contributed by atoms with van der Waals surface area (Å²) in [6, 6.07) is 6.53. The lowest BCUT2D eigenvalue weighted by Crippen LogP contribution is -2.27. The number of hydrogen-bond acceptors (Lipinski definition) is 0. The number of rotatable bonds is 7. The Balaban J connectivity index is 1.48. The topological polar surface area (TPSA) is 0 Å². The summed E-state index contributed by atoms with van der Waals surface area (Å²) in [5.74, 6) is 0.674.